The molecule has 6 heteroatoms. The van der Waals surface area contributed by atoms with Gasteiger partial charge >= 0.3 is 5.97 Å². The van der Waals surface area contributed by atoms with Crippen molar-refractivity contribution in [2.24, 2.45) is 0 Å². The first kappa shape index (κ1) is 64.0. The molecule has 0 aromatic heterocycles. The van der Waals surface area contributed by atoms with Crippen LogP contribution in [0.3, 0.4) is 0 Å². The number of hydrogen-bond donors (Lipinski definition) is 3. The number of carbonyl (C=O) groups excluding carboxylic acids is 2. The number of amides is 1. The van der Waals surface area contributed by atoms with Crippen LogP contribution in [0.1, 0.15) is 265 Å². The lowest BCUT2D eigenvalue weighted by molar-refractivity contribution is -0.151. The second-order valence-corrected chi connectivity index (χ2v) is 19.0. The number of unbranched alkanes of at least 4 members (excludes halogenated alkanes) is 24. The van der Waals surface area contributed by atoms with Crippen molar-refractivity contribution in [2.45, 2.75) is 283 Å². The number of carbonyl (C=O) groups is 2. The van der Waals surface area contributed by atoms with Crippen LogP contribution in [0.4, 0.5) is 0 Å². The summed E-state index contributed by atoms with van der Waals surface area (Å²) >= 11 is 0. The monoisotopic (exact) mass is 934 g/mol. The molecule has 0 aliphatic rings. The van der Waals surface area contributed by atoms with E-state index in [9.17, 15) is 19.8 Å². The van der Waals surface area contributed by atoms with Gasteiger partial charge in [-0.15, -0.1) is 0 Å². The van der Waals surface area contributed by atoms with Crippen LogP contribution >= 0.6 is 0 Å². The molecule has 1 amide bonds. The predicted molar refractivity (Wildman–Crippen MR) is 291 cm³/mol. The van der Waals surface area contributed by atoms with Crippen molar-refractivity contribution in [3.8, 4) is 0 Å². The van der Waals surface area contributed by atoms with E-state index in [0.717, 1.165) is 109 Å². The second-order valence-electron chi connectivity index (χ2n) is 19.0. The van der Waals surface area contributed by atoms with E-state index in [4.69, 9.17) is 4.74 Å². The Labute approximate surface area is 414 Å². The van der Waals surface area contributed by atoms with Gasteiger partial charge in [0.2, 0.25) is 5.91 Å². The van der Waals surface area contributed by atoms with Crippen LogP contribution in [0.2, 0.25) is 0 Å². The van der Waals surface area contributed by atoms with E-state index in [1.54, 1.807) is 0 Å². The molecule has 3 N–H and O–H groups in total. The zero-order valence-electron chi connectivity index (χ0n) is 44.0. The van der Waals surface area contributed by atoms with E-state index in [0.29, 0.717) is 19.3 Å². The third kappa shape index (κ3) is 49.3. The second kappa shape index (κ2) is 54.0. The molecule has 0 aliphatic carbocycles. The van der Waals surface area contributed by atoms with Crippen LogP contribution in [-0.4, -0.2) is 46.9 Å². The van der Waals surface area contributed by atoms with Gasteiger partial charge in [-0.1, -0.05) is 234 Å². The van der Waals surface area contributed by atoms with Crippen molar-refractivity contribution in [1.82, 2.24) is 5.32 Å². The Morgan fingerprint density at radius 3 is 1.25 bits per heavy atom. The van der Waals surface area contributed by atoms with Crippen LogP contribution in [0.15, 0.2) is 85.1 Å². The Morgan fingerprint density at radius 1 is 0.448 bits per heavy atom. The number of aliphatic hydroxyl groups is 2. The fourth-order valence-corrected chi connectivity index (χ4v) is 8.19. The lowest BCUT2D eigenvalue weighted by Crippen LogP contribution is -2.46. The molecule has 0 saturated carbocycles. The summed E-state index contributed by atoms with van der Waals surface area (Å²) in [5, 5.41) is 23.8. The summed E-state index contributed by atoms with van der Waals surface area (Å²) in [7, 11) is 0. The molecule has 0 rings (SSSR count). The Kier molecular flexibility index (Phi) is 51.6. The molecule has 0 bridgehead atoms. The number of esters is 1. The van der Waals surface area contributed by atoms with E-state index in [1.807, 2.05) is 0 Å². The highest BCUT2D eigenvalue weighted by atomic mass is 16.5. The zero-order chi connectivity index (χ0) is 48.8. The summed E-state index contributed by atoms with van der Waals surface area (Å²) in [4.78, 5) is 26.3. The molecule has 0 saturated heterocycles. The molecule has 0 aromatic rings. The number of hydrogen-bond acceptors (Lipinski definition) is 5. The largest absolute Gasteiger partial charge is 0.462 e. The summed E-state index contributed by atoms with van der Waals surface area (Å²) in [6, 6.07) is -0.716. The Balaban J connectivity index is 4.66. The zero-order valence-corrected chi connectivity index (χ0v) is 44.0. The molecular weight excluding hydrogens is 827 g/mol. The topological polar surface area (TPSA) is 95.9 Å². The maximum atomic E-state index is 13.3. The molecule has 3 atom stereocenters. The van der Waals surface area contributed by atoms with Gasteiger partial charge in [-0.2, -0.15) is 0 Å². The number of ether oxygens (including phenoxy) is 1. The van der Waals surface area contributed by atoms with Gasteiger partial charge in [0.25, 0.3) is 0 Å². The van der Waals surface area contributed by atoms with Crippen molar-refractivity contribution in [1.29, 1.82) is 0 Å². The fraction of sp³-hybridized carbons (Fsp3) is 0.738. The molecule has 6 nitrogen and oxygen atoms in total. The lowest BCUT2D eigenvalue weighted by Gasteiger charge is -2.24. The number of aliphatic hydroxyl groups excluding tert-OH is 2. The first-order chi connectivity index (χ1) is 33.0. The highest BCUT2D eigenvalue weighted by Crippen LogP contribution is 2.18. The smallest absolute Gasteiger partial charge is 0.306 e. The van der Waals surface area contributed by atoms with Gasteiger partial charge < -0.3 is 20.3 Å². The Morgan fingerprint density at radius 2 is 0.806 bits per heavy atom. The van der Waals surface area contributed by atoms with Gasteiger partial charge in [0.05, 0.1) is 25.2 Å². The molecule has 0 spiro atoms. The molecule has 67 heavy (non-hydrogen) atoms. The average Bonchev–Trinajstić information content (AvgIpc) is 3.32. The van der Waals surface area contributed by atoms with E-state index < -0.39 is 18.2 Å². The van der Waals surface area contributed by atoms with Crippen LogP contribution in [-0.2, 0) is 14.3 Å². The average molecular weight is 935 g/mol. The van der Waals surface area contributed by atoms with E-state index in [1.165, 1.54) is 109 Å². The van der Waals surface area contributed by atoms with E-state index in [-0.39, 0.29) is 24.9 Å². The summed E-state index contributed by atoms with van der Waals surface area (Å²) in [6.07, 6.45) is 70.7. The van der Waals surface area contributed by atoms with E-state index >= 15 is 0 Å². The lowest BCUT2D eigenvalue weighted by atomic mass is 10.0. The molecule has 3 unspecified atom stereocenters. The molecular formula is C61H107NO5. The molecule has 386 valence electrons. The highest BCUT2D eigenvalue weighted by Gasteiger charge is 2.24. The molecule has 0 fully saturated rings. The SMILES string of the molecule is CC/C=C\C/C=C\C/C=C\C/C=C\C/C=C\CCCCCC(=O)OC(CCCCCCCCC/C=C\C/C=C\CCCCC)CC(=O)NC(CO)C(O)CCCCCCCCCCCCCC. The number of allylic oxidation sites excluding steroid dienone is 14. The highest BCUT2D eigenvalue weighted by molar-refractivity contribution is 5.77. The minimum atomic E-state index is -0.800. The van der Waals surface area contributed by atoms with Gasteiger partial charge in [0.1, 0.15) is 6.10 Å². The third-order valence-corrected chi connectivity index (χ3v) is 12.5. The fourth-order valence-electron chi connectivity index (χ4n) is 8.19. The quantitative estimate of drug-likeness (QED) is 0.0321. The van der Waals surface area contributed by atoms with Crippen molar-refractivity contribution in [3.05, 3.63) is 85.1 Å². The van der Waals surface area contributed by atoms with Crippen LogP contribution in [0, 0.1) is 0 Å². The van der Waals surface area contributed by atoms with Gasteiger partial charge in [-0.25, -0.2) is 0 Å². The standard InChI is InChI=1S/C61H107NO5/c1-4-7-10-13-16-19-22-25-27-29-30-32-34-36-39-42-45-48-51-54-61(66)67-57(52-49-46-43-40-37-35-33-31-28-26-23-20-17-14-11-8-5-2)55-60(65)62-58(56-63)59(64)53-50-47-44-41-38-24-21-18-15-12-9-6-3/h7,10,16-17,19-20,25-28,30,32,36,39,57-59,63-64H,4-6,8-9,11-15,18,21-24,29,31,33-35,37-38,40-56H2,1-3H3,(H,62,65)/b10-7-,19-16-,20-17-,27-25-,28-26-,32-30-,39-36-. The van der Waals surface area contributed by atoms with Crippen molar-refractivity contribution < 1.29 is 24.5 Å². The first-order valence-corrected chi connectivity index (χ1v) is 28.3. The van der Waals surface area contributed by atoms with Crippen LogP contribution < -0.4 is 5.32 Å². The molecule has 0 aromatic carbocycles. The van der Waals surface area contributed by atoms with Crippen molar-refractivity contribution in [2.75, 3.05) is 6.61 Å². The number of nitrogens with one attached hydrogen (secondary N) is 1. The van der Waals surface area contributed by atoms with E-state index in [2.05, 4.69) is 111 Å². The molecule has 0 aliphatic heterocycles. The summed E-state index contributed by atoms with van der Waals surface area (Å²) in [6.45, 7) is 6.34. The van der Waals surface area contributed by atoms with Gasteiger partial charge in [0.15, 0.2) is 0 Å². The van der Waals surface area contributed by atoms with Gasteiger partial charge in [0, 0.05) is 6.42 Å². The van der Waals surface area contributed by atoms with Gasteiger partial charge in [-0.05, 0) is 103 Å². The van der Waals surface area contributed by atoms with Crippen LogP contribution in [0.5, 0.6) is 0 Å². The minimum Gasteiger partial charge on any atom is -0.462 e. The summed E-state index contributed by atoms with van der Waals surface area (Å²) in [5.74, 6) is -0.518. The third-order valence-electron chi connectivity index (χ3n) is 12.5. The first-order valence-electron chi connectivity index (χ1n) is 28.3. The minimum absolute atomic E-state index is 0.0554. The normalized spacial score (nSPS) is 13.8. The maximum Gasteiger partial charge on any atom is 0.306 e. The Hall–Kier alpha value is -2.96. The summed E-state index contributed by atoms with van der Waals surface area (Å²) < 4.78 is 5.94. The van der Waals surface area contributed by atoms with Crippen LogP contribution in [0.25, 0.3) is 0 Å². The molecule has 0 radical (unpaired) electrons. The van der Waals surface area contributed by atoms with Gasteiger partial charge in [-0.3, -0.25) is 9.59 Å². The van der Waals surface area contributed by atoms with Crippen molar-refractivity contribution in [3.63, 3.8) is 0 Å². The summed E-state index contributed by atoms with van der Waals surface area (Å²) in [5.41, 5.74) is 0. The maximum absolute atomic E-state index is 13.3. The molecule has 0 heterocycles. The van der Waals surface area contributed by atoms with Crippen molar-refractivity contribution >= 4 is 11.9 Å². The Bertz CT molecular complexity index is 1280. The number of rotatable bonds is 50. The predicted octanol–water partition coefficient (Wildman–Crippen LogP) is 17.5.